The van der Waals surface area contributed by atoms with Gasteiger partial charge in [0.05, 0.1) is 17.7 Å². The average molecular weight is 391 g/mol. The highest BCUT2D eigenvalue weighted by atomic mass is 19.4. The largest absolute Gasteiger partial charge is 0.457 e. The maximum atomic E-state index is 12.7. The van der Waals surface area contributed by atoms with Gasteiger partial charge in [0.2, 0.25) is 11.8 Å². The van der Waals surface area contributed by atoms with Gasteiger partial charge in [0.1, 0.15) is 6.61 Å². The minimum atomic E-state index is -4.46. The Balaban J connectivity index is 1.59. The van der Waals surface area contributed by atoms with Crippen LogP contribution in [0.1, 0.15) is 39.9 Å². The number of carbonyl (C=O) groups excluding carboxylic acids is 3. The predicted octanol–water partition coefficient (Wildman–Crippen LogP) is 3.71. The lowest BCUT2D eigenvalue weighted by Gasteiger charge is -2.14. The zero-order valence-electron chi connectivity index (χ0n) is 14.7. The number of ether oxygens (including phenoxy) is 1. The van der Waals surface area contributed by atoms with Crippen LogP contribution in [0, 0.1) is 0 Å². The summed E-state index contributed by atoms with van der Waals surface area (Å²) in [7, 11) is 0. The molecule has 0 spiro atoms. The standard InChI is InChI=1S/C20H16F3NO4/c21-20(22,23)16-3-1-2-14(10-16)12-28-19(27)15-6-4-13(5-7-15)11-24-17(25)8-9-18(24)26/h1-7,10H,8-9,11-12H2. The van der Waals surface area contributed by atoms with Crippen molar-refractivity contribution in [3.63, 3.8) is 0 Å². The Kier molecular flexibility index (Phi) is 5.48. The second-order valence-corrected chi connectivity index (χ2v) is 6.34. The van der Waals surface area contributed by atoms with E-state index < -0.39 is 17.7 Å². The molecule has 0 bridgehead atoms. The minimum absolute atomic E-state index is 0.136. The lowest BCUT2D eigenvalue weighted by Crippen LogP contribution is -2.28. The third-order valence-corrected chi connectivity index (χ3v) is 4.31. The third-order valence-electron chi connectivity index (χ3n) is 4.31. The molecule has 3 rings (SSSR count). The first-order valence-corrected chi connectivity index (χ1v) is 8.49. The van der Waals surface area contributed by atoms with Crippen LogP contribution >= 0.6 is 0 Å². The fourth-order valence-electron chi connectivity index (χ4n) is 2.80. The molecule has 1 aliphatic heterocycles. The lowest BCUT2D eigenvalue weighted by molar-refractivity contribution is -0.139. The molecule has 0 N–H and O–H groups in total. The highest BCUT2D eigenvalue weighted by molar-refractivity contribution is 6.01. The van der Waals surface area contributed by atoms with Crippen molar-refractivity contribution in [1.29, 1.82) is 0 Å². The van der Waals surface area contributed by atoms with Crippen LogP contribution in [-0.2, 0) is 33.7 Å². The number of imide groups is 1. The molecule has 0 radical (unpaired) electrons. The average Bonchev–Trinajstić information content (AvgIpc) is 2.98. The van der Waals surface area contributed by atoms with Crippen LogP contribution in [0.25, 0.3) is 0 Å². The molecule has 1 fully saturated rings. The van der Waals surface area contributed by atoms with Gasteiger partial charge in [-0.3, -0.25) is 14.5 Å². The first-order valence-electron chi connectivity index (χ1n) is 8.49. The Labute approximate surface area is 158 Å². The predicted molar refractivity (Wildman–Crippen MR) is 91.8 cm³/mol. The molecule has 146 valence electrons. The molecule has 2 aromatic carbocycles. The third kappa shape index (κ3) is 4.57. The SMILES string of the molecule is O=C(OCc1cccc(C(F)(F)F)c1)c1ccc(CN2C(=O)CCC2=O)cc1. The molecule has 0 aliphatic carbocycles. The van der Waals surface area contributed by atoms with Crippen LogP contribution in [0.2, 0.25) is 0 Å². The number of benzene rings is 2. The summed E-state index contributed by atoms with van der Waals surface area (Å²) in [5.74, 6) is -1.14. The summed E-state index contributed by atoms with van der Waals surface area (Å²) in [6.07, 6.45) is -4.05. The summed E-state index contributed by atoms with van der Waals surface area (Å²) < 4.78 is 43.2. The molecule has 0 unspecified atom stereocenters. The van der Waals surface area contributed by atoms with Crippen molar-refractivity contribution in [1.82, 2.24) is 4.90 Å². The van der Waals surface area contributed by atoms with Crippen molar-refractivity contribution in [2.45, 2.75) is 32.2 Å². The van der Waals surface area contributed by atoms with Crippen molar-refractivity contribution < 1.29 is 32.3 Å². The summed E-state index contributed by atoms with van der Waals surface area (Å²) >= 11 is 0. The monoisotopic (exact) mass is 391 g/mol. The van der Waals surface area contributed by atoms with Crippen molar-refractivity contribution >= 4 is 17.8 Å². The van der Waals surface area contributed by atoms with E-state index >= 15 is 0 Å². The maximum Gasteiger partial charge on any atom is 0.416 e. The quantitative estimate of drug-likeness (QED) is 0.576. The molecule has 2 amide bonds. The number of alkyl halides is 3. The van der Waals surface area contributed by atoms with Crippen LogP contribution in [0.5, 0.6) is 0 Å². The van der Waals surface area contributed by atoms with E-state index in [1.165, 1.54) is 29.2 Å². The van der Waals surface area contributed by atoms with Crippen molar-refractivity contribution in [2.24, 2.45) is 0 Å². The molecule has 2 aromatic rings. The Bertz CT molecular complexity index is 890. The Morgan fingerprint density at radius 3 is 2.21 bits per heavy atom. The van der Waals surface area contributed by atoms with E-state index in [2.05, 4.69) is 0 Å². The van der Waals surface area contributed by atoms with Gasteiger partial charge in [-0.1, -0.05) is 24.3 Å². The van der Waals surface area contributed by atoms with E-state index in [0.717, 1.165) is 12.1 Å². The lowest BCUT2D eigenvalue weighted by atomic mass is 10.1. The number of nitrogens with zero attached hydrogens (tertiary/aromatic N) is 1. The fourth-order valence-corrected chi connectivity index (χ4v) is 2.80. The number of hydrogen-bond acceptors (Lipinski definition) is 4. The number of halogens is 3. The minimum Gasteiger partial charge on any atom is -0.457 e. The van der Waals surface area contributed by atoms with Gasteiger partial charge in [-0.15, -0.1) is 0 Å². The van der Waals surface area contributed by atoms with Gasteiger partial charge in [0, 0.05) is 12.8 Å². The van der Waals surface area contributed by atoms with Gasteiger partial charge in [0.15, 0.2) is 0 Å². The van der Waals surface area contributed by atoms with Crippen LogP contribution in [0.15, 0.2) is 48.5 Å². The Morgan fingerprint density at radius 2 is 1.61 bits per heavy atom. The van der Waals surface area contributed by atoms with Crippen LogP contribution < -0.4 is 0 Å². The molecule has 1 heterocycles. The Morgan fingerprint density at radius 1 is 0.964 bits per heavy atom. The first kappa shape index (κ1) is 19.6. The number of esters is 1. The van der Waals surface area contributed by atoms with E-state index in [1.54, 1.807) is 12.1 Å². The van der Waals surface area contributed by atoms with Gasteiger partial charge in [0.25, 0.3) is 0 Å². The van der Waals surface area contributed by atoms with E-state index in [1.807, 2.05) is 0 Å². The van der Waals surface area contributed by atoms with Gasteiger partial charge >= 0.3 is 12.1 Å². The molecule has 28 heavy (non-hydrogen) atoms. The summed E-state index contributed by atoms with van der Waals surface area (Å²) in [5.41, 5.74) is 0.315. The first-order chi connectivity index (χ1) is 13.2. The van der Waals surface area contributed by atoms with Gasteiger partial charge in [-0.2, -0.15) is 13.2 Å². The number of carbonyl (C=O) groups is 3. The smallest absolute Gasteiger partial charge is 0.416 e. The Hall–Kier alpha value is -3.16. The topological polar surface area (TPSA) is 63.7 Å². The maximum absolute atomic E-state index is 12.7. The highest BCUT2D eigenvalue weighted by Gasteiger charge is 2.30. The zero-order chi connectivity index (χ0) is 20.3. The molecule has 8 heteroatoms. The van der Waals surface area contributed by atoms with Crippen molar-refractivity contribution in [3.05, 3.63) is 70.8 Å². The van der Waals surface area contributed by atoms with E-state index in [-0.39, 0.29) is 48.9 Å². The van der Waals surface area contributed by atoms with E-state index in [4.69, 9.17) is 4.74 Å². The fraction of sp³-hybridized carbons (Fsp3) is 0.250. The molecule has 0 aromatic heterocycles. The van der Waals surface area contributed by atoms with Gasteiger partial charge < -0.3 is 4.74 Å². The van der Waals surface area contributed by atoms with Gasteiger partial charge in [-0.05, 0) is 35.4 Å². The van der Waals surface area contributed by atoms with Crippen LogP contribution in [0.4, 0.5) is 13.2 Å². The van der Waals surface area contributed by atoms with Crippen LogP contribution in [-0.4, -0.2) is 22.7 Å². The summed E-state index contributed by atoms with van der Waals surface area (Å²) in [6, 6.07) is 10.7. The molecular weight excluding hydrogens is 375 g/mol. The zero-order valence-corrected chi connectivity index (χ0v) is 14.7. The molecule has 5 nitrogen and oxygen atoms in total. The highest BCUT2D eigenvalue weighted by Crippen LogP contribution is 2.29. The number of hydrogen-bond donors (Lipinski definition) is 0. The number of rotatable bonds is 5. The van der Waals surface area contributed by atoms with E-state index in [9.17, 15) is 27.6 Å². The van der Waals surface area contributed by atoms with Gasteiger partial charge in [-0.25, -0.2) is 4.79 Å². The van der Waals surface area contributed by atoms with Crippen LogP contribution in [0.3, 0.4) is 0 Å². The van der Waals surface area contributed by atoms with Crippen molar-refractivity contribution in [3.8, 4) is 0 Å². The molecule has 0 atom stereocenters. The molecule has 1 aliphatic rings. The van der Waals surface area contributed by atoms with E-state index in [0.29, 0.717) is 5.56 Å². The summed E-state index contributed by atoms with van der Waals surface area (Å²) in [5, 5.41) is 0. The molecule has 0 saturated carbocycles. The summed E-state index contributed by atoms with van der Waals surface area (Å²) in [4.78, 5) is 36.5. The second kappa shape index (κ2) is 7.84. The number of likely N-dealkylation sites (tertiary alicyclic amines) is 1. The normalized spacial score (nSPS) is 14.5. The molecular formula is C20H16F3NO4. The second-order valence-electron chi connectivity index (χ2n) is 6.34. The molecule has 1 saturated heterocycles. The van der Waals surface area contributed by atoms with Crippen molar-refractivity contribution in [2.75, 3.05) is 0 Å². The summed E-state index contributed by atoms with van der Waals surface area (Å²) in [6.45, 7) is -0.154. The number of amides is 2.